The van der Waals surface area contributed by atoms with Crippen LogP contribution in [0, 0.1) is 17.1 Å². The van der Waals surface area contributed by atoms with Gasteiger partial charge in [0.15, 0.2) is 0 Å². The first-order valence-electron chi connectivity index (χ1n) is 15.8. The number of pyridine rings is 1. The van der Waals surface area contributed by atoms with E-state index in [4.69, 9.17) is 0 Å². The Labute approximate surface area is 272 Å². The second-order valence-electron chi connectivity index (χ2n) is 12.4. The summed E-state index contributed by atoms with van der Waals surface area (Å²) in [5.74, 6) is -0.910. The van der Waals surface area contributed by atoms with Gasteiger partial charge in [-0.05, 0) is 81.0 Å². The molecule has 13 heteroatoms. The molecule has 3 heterocycles. The van der Waals surface area contributed by atoms with Crippen molar-refractivity contribution in [2.45, 2.75) is 81.8 Å². The van der Waals surface area contributed by atoms with E-state index in [2.05, 4.69) is 20.3 Å². The second kappa shape index (κ2) is 13.2. The topological polar surface area (TPSA) is 152 Å². The number of H-pyrrole nitrogens is 1. The number of sulfonamides is 1. The van der Waals surface area contributed by atoms with Crippen LogP contribution in [0.25, 0.3) is 10.9 Å². The van der Waals surface area contributed by atoms with Gasteiger partial charge in [0.25, 0.3) is 5.56 Å². The van der Waals surface area contributed by atoms with Crippen molar-refractivity contribution in [2.24, 2.45) is 0 Å². The van der Waals surface area contributed by atoms with Gasteiger partial charge in [0.2, 0.25) is 15.9 Å². The van der Waals surface area contributed by atoms with E-state index < -0.39 is 32.7 Å². The minimum atomic E-state index is -4.35. The van der Waals surface area contributed by atoms with Gasteiger partial charge in [-0.1, -0.05) is 25.3 Å². The highest BCUT2D eigenvalue weighted by molar-refractivity contribution is 7.89. The minimum absolute atomic E-state index is 0.0467. The zero-order valence-corrected chi connectivity index (χ0v) is 27.1. The van der Waals surface area contributed by atoms with Crippen LogP contribution in [0.2, 0.25) is 0 Å². The highest BCUT2D eigenvalue weighted by Gasteiger charge is 2.45. The number of amides is 1. The summed E-state index contributed by atoms with van der Waals surface area (Å²) in [5, 5.41) is 12.9. The molecule has 6 rings (SSSR count). The number of aromatic amines is 1. The van der Waals surface area contributed by atoms with Crippen LogP contribution in [-0.2, 0) is 21.4 Å². The number of aromatic nitrogens is 3. The van der Waals surface area contributed by atoms with Gasteiger partial charge in [0.05, 0.1) is 45.6 Å². The molecule has 1 aliphatic heterocycles. The summed E-state index contributed by atoms with van der Waals surface area (Å²) in [6, 6.07) is 11.4. The van der Waals surface area contributed by atoms with Gasteiger partial charge in [0, 0.05) is 24.5 Å². The Morgan fingerprint density at radius 3 is 2.57 bits per heavy atom. The van der Waals surface area contributed by atoms with E-state index in [-0.39, 0.29) is 42.4 Å². The number of anilines is 2. The molecule has 1 saturated heterocycles. The normalized spacial score (nSPS) is 17.3. The van der Waals surface area contributed by atoms with E-state index >= 15 is 4.39 Å². The number of fused-ring (bicyclic) bond motifs is 1. The smallest absolute Gasteiger partial charge is 0.258 e. The van der Waals surface area contributed by atoms with Gasteiger partial charge >= 0.3 is 0 Å². The molecular weight excluding hydrogens is 621 g/mol. The Balaban J connectivity index is 1.32. The molecule has 2 aromatic carbocycles. The fourth-order valence-corrected chi connectivity index (χ4v) is 8.02. The van der Waals surface area contributed by atoms with Gasteiger partial charge in [0.1, 0.15) is 17.9 Å². The van der Waals surface area contributed by atoms with E-state index in [1.54, 1.807) is 32.0 Å². The summed E-state index contributed by atoms with van der Waals surface area (Å²) < 4.78 is 43.8. The SMILES string of the molecule is CC(C)Nc1c(F)cc(S(=O)(=O)N2CC[C@@H]2C(=O)N(Cc2ccc(C3CCCCC3)cn2)c2ccc3c(=O)[nH]cnc3c2)cc1C#N. The quantitative estimate of drug-likeness (QED) is 0.249. The monoisotopic (exact) mass is 657 g/mol. The zero-order chi connectivity index (χ0) is 33.3. The Morgan fingerprint density at radius 2 is 1.91 bits per heavy atom. The molecule has 2 fully saturated rings. The summed E-state index contributed by atoms with van der Waals surface area (Å²) in [4.78, 5) is 39.1. The lowest BCUT2D eigenvalue weighted by molar-refractivity contribution is -0.125. The Bertz CT molecular complexity index is 2020. The van der Waals surface area contributed by atoms with Gasteiger partial charge in [-0.15, -0.1) is 0 Å². The van der Waals surface area contributed by atoms with E-state index in [0.717, 1.165) is 34.8 Å². The predicted molar refractivity (Wildman–Crippen MR) is 176 cm³/mol. The first-order chi connectivity index (χ1) is 22.6. The average molecular weight is 658 g/mol. The molecule has 0 unspecified atom stereocenters. The predicted octanol–water partition coefficient (Wildman–Crippen LogP) is 5.19. The summed E-state index contributed by atoms with van der Waals surface area (Å²) >= 11 is 0. The van der Waals surface area contributed by atoms with Gasteiger partial charge in [-0.25, -0.2) is 17.8 Å². The fraction of sp³-hybridized carbons (Fsp3) is 0.382. The molecule has 0 radical (unpaired) electrons. The third kappa shape index (κ3) is 6.48. The van der Waals surface area contributed by atoms with Crippen LogP contribution in [0.5, 0.6) is 0 Å². The second-order valence-corrected chi connectivity index (χ2v) is 14.3. The number of hydrogen-bond acceptors (Lipinski definition) is 8. The molecule has 1 atom stereocenters. The number of hydrogen-bond donors (Lipinski definition) is 2. The zero-order valence-electron chi connectivity index (χ0n) is 26.2. The Hall–Kier alpha value is -4.67. The fourth-order valence-electron chi connectivity index (χ4n) is 6.36. The van der Waals surface area contributed by atoms with E-state index in [9.17, 15) is 23.3 Å². The maximum atomic E-state index is 15.1. The summed E-state index contributed by atoms with van der Waals surface area (Å²) in [7, 11) is -4.35. The molecule has 11 nitrogen and oxygen atoms in total. The van der Waals surface area contributed by atoms with E-state index in [1.165, 1.54) is 30.5 Å². The number of rotatable bonds is 9. The molecule has 1 amide bonds. The maximum Gasteiger partial charge on any atom is 0.258 e. The molecule has 47 heavy (non-hydrogen) atoms. The van der Waals surface area contributed by atoms with Crippen molar-refractivity contribution in [3.8, 4) is 6.07 Å². The molecular formula is C34H36FN7O4S. The van der Waals surface area contributed by atoms with E-state index in [0.29, 0.717) is 28.2 Å². The molecule has 0 spiro atoms. The molecule has 244 valence electrons. The van der Waals surface area contributed by atoms with Crippen molar-refractivity contribution in [2.75, 3.05) is 16.8 Å². The standard InChI is InChI=1S/C34H36FN7O4S/c1-21(2)40-32-24(17-36)14-27(16-29(32)35)47(45,46)42-13-12-31(42)34(44)41(26-10-11-28-30(15-26)38-20-39-33(28)43)19-25-9-8-23(18-37-25)22-6-4-3-5-7-22/h8-11,14-16,18,20-22,31,40H,3-7,12-13,19H2,1-2H3,(H,38,39,43)/t31-/m1/s1. The summed E-state index contributed by atoms with van der Waals surface area (Å²) in [6.45, 7) is 3.64. The summed E-state index contributed by atoms with van der Waals surface area (Å²) in [6.07, 6.45) is 9.26. The van der Waals surface area contributed by atoms with Crippen LogP contribution in [0.4, 0.5) is 15.8 Å². The third-order valence-electron chi connectivity index (χ3n) is 8.93. The molecule has 1 aliphatic carbocycles. The van der Waals surface area contributed by atoms with Crippen LogP contribution in [0.1, 0.15) is 75.1 Å². The minimum Gasteiger partial charge on any atom is -0.379 e. The number of benzene rings is 2. The van der Waals surface area contributed by atoms with Crippen molar-refractivity contribution >= 4 is 38.2 Å². The van der Waals surface area contributed by atoms with Crippen molar-refractivity contribution in [3.05, 3.63) is 88.0 Å². The van der Waals surface area contributed by atoms with Crippen LogP contribution in [0.3, 0.4) is 0 Å². The number of halogens is 1. The van der Waals surface area contributed by atoms with Crippen molar-refractivity contribution in [1.29, 1.82) is 5.26 Å². The molecule has 4 aromatic rings. The number of nitrogens with one attached hydrogen (secondary N) is 2. The number of carbonyl (C=O) groups excluding carboxylic acids is 1. The third-order valence-corrected chi connectivity index (χ3v) is 10.8. The van der Waals surface area contributed by atoms with Gasteiger partial charge in [-0.2, -0.15) is 9.57 Å². The van der Waals surface area contributed by atoms with E-state index in [1.807, 2.05) is 24.4 Å². The van der Waals surface area contributed by atoms with Crippen LogP contribution in [0.15, 0.2) is 64.7 Å². The molecule has 2 N–H and O–H groups in total. The first kappa shape index (κ1) is 32.3. The highest BCUT2D eigenvalue weighted by atomic mass is 32.2. The maximum absolute atomic E-state index is 15.1. The van der Waals surface area contributed by atoms with Crippen LogP contribution in [-0.4, -0.2) is 52.2 Å². The number of nitrogens with zero attached hydrogens (tertiary/aromatic N) is 5. The van der Waals surface area contributed by atoms with Crippen molar-refractivity contribution in [1.82, 2.24) is 19.3 Å². The molecule has 2 aromatic heterocycles. The highest BCUT2D eigenvalue weighted by Crippen LogP contribution is 2.35. The molecule has 0 bridgehead atoms. The number of carbonyl (C=O) groups is 1. The Morgan fingerprint density at radius 1 is 1.13 bits per heavy atom. The lowest BCUT2D eigenvalue weighted by Gasteiger charge is -2.41. The first-order valence-corrected chi connectivity index (χ1v) is 17.3. The Kier molecular flexibility index (Phi) is 9.07. The van der Waals surface area contributed by atoms with Crippen molar-refractivity contribution in [3.63, 3.8) is 0 Å². The van der Waals surface area contributed by atoms with Gasteiger partial charge < -0.3 is 15.2 Å². The van der Waals surface area contributed by atoms with Gasteiger partial charge in [-0.3, -0.25) is 14.6 Å². The number of nitriles is 1. The molecule has 1 saturated carbocycles. The van der Waals surface area contributed by atoms with Crippen LogP contribution < -0.4 is 15.8 Å². The lowest BCUT2D eigenvalue weighted by atomic mass is 9.85. The molecule has 2 aliphatic rings. The largest absolute Gasteiger partial charge is 0.379 e. The summed E-state index contributed by atoms with van der Waals surface area (Å²) in [5.41, 5.74) is 2.02. The lowest BCUT2D eigenvalue weighted by Crippen LogP contribution is -2.59. The average Bonchev–Trinajstić information content (AvgIpc) is 3.04. The van der Waals surface area contributed by atoms with Crippen molar-refractivity contribution < 1.29 is 17.6 Å². The van der Waals surface area contributed by atoms with Crippen LogP contribution >= 0.6 is 0 Å².